The zero-order chi connectivity index (χ0) is 13.2. The molecular formula is C16H22N2. The molecule has 1 aliphatic heterocycles. The lowest BCUT2D eigenvalue weighted by Crippen LogP contribution is -2.41. The highest BCUT2D eigenvalue weighted by Crippen LogP contribution is 2.37. The molecule has 1 saturated heterocycles. The van der Waals surface area contributed by atoms with E-state index in [1.807, 2.05) is 0 Å². The minimum absolute atomic E-state index is 0.140. The van der Waals surface area contributed by atoms with Crippen molar-refractivity contribution in [2.45, 2.75) is 45.7 Å². The first-order valence-corrected chi connectivity index (χ1v) is 6.71. The van der Waals surface area contributed by atoms with Gasteiger partial charge in [0.1, 0.15) is 0 Å². The molecule has 1 fully saturated rings. The lowest BCUT2D eigenvalue weighted by atomic mass is 9.86. The van der Waals surface area contributed by atoms with E-state index in [2.05, 4.69) is 56.0 Å². The smallest absolute Gasteiger partial charge is 0.0625 e. The first-order chi connectivity index (χ1) is 8.54. The summed E-state index contributed by atoms with van der Waals surface area (Å²) >= 11 is 0. The molecule has 96 valence electrons. The lowest BCUT2D eigenvalue weighted by molar-refractivity contribution is 0.132. The zero-order valence-electron chi connectivity index (χ0n) is 11.6. The fourth-order valence-corrected chi connectivity index (χ4v) is 2.87. The number of aryl methyl sites for hydroxylation is 1. The van der Waals surface area contributed by atoms with Gasteiger partial charge in [0.2, 0.25) is 0 Å². The van der Waals surface area contributed by atoms with Crippen LogP contribution in [-0.4, -0.2) is 17.0 Å². The van der Waals surface area contributed by atoms with Crippen LogP contribution in [0.25, 0.3) is 0 Å². The molecule has 1 atom stereocenters. The molecule has 1 aromatic carbocycles. The summed E-state index contributed by atoms with van der Waals surface area (Å²) in [6, 6.07) is 11.1. The van der Waals surface area contributed by atoms with Crippen LogP contribution in [0, 0.1) is 24.2 Å². The molecule has 0 saturated carbocycles. The van der Waals surface area contributed by atoms with Gasteiger partial charge in [-0.05, 0) is 45.2 Å². The molecular weight excluding hydrogens is 220 g/mol. The van der Waals surface area contributed by atoms with Gasteiger partial charge in [0.15, 0.2) is 0 Å². The van der Waals surface area contributed by atoms with Crippen molar-refractivity contribution in [2.24, 2.45) is 5.92 Å². The maximum absolute atomic E-state index is 8.90. The predicted molar refractivity (Wildman–Crippen MR) is 74.0 cm³/mol. The fraction of sp³-hybridized carbons (Fsp3) is 0.562. The Bertz CT molecular complexity index is 439. The highest BCUT2D eigenvalue weighted by atomic mass is 15.2. The third kappa shape index (κ3) is 2.57. The van der Waals surface area contributed by atoms with Gasteiger partial charge in [-0.25, -0.2) is 0 Å². The van der Waals surface area contributed by atoms with Crippen LogP contribution in [0.1, 0.15) is 37.8 Å². The van der Waals surface area contributed by atoms with Crippen LogP contribution in [0.5, 0.6) is 0 Å². The lowest BCUT2D eigenvalue weighted by Gasteiger charge is -2.35. The van der Waals surface area contributed by atoms with Crippen LogP contribution in [0.3, 0.4) is 0 Å². The van der Waals surface area contributed by atoms with Crippen LogP contribution in [0.15, 0.2) is 24.3 Å². The van der Waals surface area contributed by atoms with Crippen molar-refractivity contribution in [3.8, 4) is 6.07 Å². The number of rotatable bonds is 3. The van der Waals surface area contributed by atoms with Crippen LogP contribution in [-0.2, 0) is 6.54 Å². The highest BCUT2D eigenvalue weighted by Gasteiger charge is 2.40. The molecule has 0 aromatic heterocycles. The summed E-state index contributed by atoms with van der Waals surface area (Å²) in [7, 11) is 0. The van der Waals surface area contributed by atoms with E-state index in [0.717, 1.165) is 19.5 Å². The molecule has 1 aliphatic rings. The van der Waals surface area contributed by atoms with Gasteiger partial charge in [-0.1, -0.05) is 29.8 Å². The Morgan fingerprint density at radius 3 is 2.61 bits per heavy atom. The molecule has 0 N–H and O–H groups in total. The van der Waals surface area contributed by atoms with Crippen molar-refractivity contribution < 1.29 is 0 Å². The number of likely N-dealkylation sites (tertiary alicyclic amines) is 1. The molecule has 18 heavy (non-hydrogen) atoms. The van der Waals surface area contributed by atoms with Gasteiger partial charge in [0, 0.05) is 18.5 Å². The first-order valence-electron chi connectivity index (χ1n) is 6.71. The monoisotopic (exact) mass is 242 g/mol. The Kier molecular flexibility index (Phi) is 3.73. The summed E-state index contributed by atoms with van der Waals surface area (Å²) in [5.41, 5.74) is 2.81. The molecule has 0 aliphatic carbocycles. The summed E-state index contributed by atoms with van der Waals surface area (Å²) in [4.78, 5) is 2.51. The summed E-state index contributed by atoms with van der Waals surface area (Å²) in [6.07, 6.45) is 1.82. The van der Waals surface area contributed by atoms with Crippen LogP contribution >= 0.6 is 0 Å². The van der Waals surface area contributed by atoms with Gasteiger partial charge < -0.3 is 0 Å². The third-order valence-electron chi connectivity index (χ3n) is 4.39. The van der Waals surface area contributed by atoms with Gasteiger partial charge in [-0.3, -0.25) is 4.90 Å². The van der Waals surface area contributed by atoms with E-state index in [9.17, 15) is 0 Å². The molecule has 1 aromatic rings. The molecule has 0 amide bonds. The molecule has 2 heteroatoms. The standard InChI is InChI=1S/C16H22N2/c1-13-4-6-14(7-5-13)12-18-11-9-15(8-10-17)16(18,2)3/h4-7,15H,8-9,11-12H2,1-3H3. The minimum Gasteiger partial charge on any atom is -0.294 e. The topological polar surface area (TPSA) is 27.0 Å². The van der Waals surface area contributed by atoms with Crippen molar-refractivity contribution in [2.75, 3.05) is 6.54 Å². The van der Waals surface area contributed by atoms with Crippen LogP contribution in [0.2, 0.25) is 0 Å². The molecule has 0 spiro atoms. The molecule has 0 bridgehead atoms. The largest absolute Gasteiger partial charge is 0.294 e. The van der Waals surface area contributed by atoms with E-state index in [-0.39, 0.29) is 5.54 Å². The zero-order valence-corrected chi connectivity index (χ0v) is 11.6. The Balaban J connectivity index is 2.07. The first kappa shape index (κ1) is 13.1. The fourth-order valence-electron chi connectivity index (χ4n) is 2.87. The number of nitrogens with zero attached hydrogens (tertiary/aromatic N) is 2. The van der Waals surface area contributed by atoms with Gasteiger partial charge >= 0.3 is 0 Å². The van der Waals surface area contributed by atoms with E-state index in [4.69, 9.17) is 5.26 Å². The average molecular weight is 242 g/mol. The van der Waals surface area contributed by atoms with Gasteiger partial charge in [-0.15, -0.1) is 0 Å². The molecule has 0 radical (unpaired) electrons. The van der Waals surface area contributed by atoms with Crippen LogP contribution in [0.4, 0.5) is 0 Å². The summed E-state index contributed by atoms with van der Waals surface area (Å²) in [5, 5.41) is 8.90. The van der Waals surface area contributed by atoms with E-state index in [1.54, 1.807) is 0 Å². The Hall–Kier alpha value is -1.33. The van der Waals surface area contributed by atoms with Gasteiger partial charge in [0.05, 0.1) is 6.07 Å². The quantitative estimate of drug-likeness (QED) is 0.811. The SMILES string of the molecule is Cc1ccc(CN2CCC(CC#N)C2(C)C)cc1. The number of benzene rings is 1. The van der Waals surface area contributed by atoms with Crippen molar-refractivity contribution in [3.63, 3.8) is 0 Å². The highest BCUT2D eigenvalue weighted by molar-refractivity contribution is 5.21. The molecule has 1 heterocycles. The maximum Gasteiger partial charge on any atom is 0.0625 e. The predicted octanol–water partition coefficient (Wildman–Crippen LogP) is 3.51. The third-order valence-corrected chi connectivity index (χ3v) is 4.39. The maximum atomic E-state index is 8.90. The number of hydrogen-bond donors (Lipinski definition) is 0. The second kappa shape index (κ2) is 5.12. The number of hydrogen-bond acceptors (Lipinski definition) is 2. The average Bonchev–Trinajstić information content (AvgIpc) is 2.60. The van der Waals surface area contributed by atoms with Crippen LogP contribution < -0.4 is 0 Å². The molecule has 2 rings (SSSR count). The summed E-state index contributed by atoms with van der Waals surface area (Å²) in [6.45, 7) is 8.77. The Morgan fingerprint density at radius 1 is 1.33 bits per heavy atom. The van der Waals surface area contributed by atoms with E-state index < -0.39 is 0 Å². The van der Waals surface area contributed by atoms with E-state index >= 15 is 0 Å². The van der Waals surface area contributed by atoms with Gasteiger partial charge in [0.25, 0.3) is 0 Å². The summed E-state index contributed by atoms with van der Waals surface area (Å²) < 4.78 is 0. The van der Waals surface area contributed by atoms with Gasteiger partial charge in [-0.2, -0.15) is 5.26 Å². The second-order valence-electron chi connectivity index (χ2n) is 5.91. The summed E-state index contributed by atoms with van der Waals surface area (Å²) in [5.74, 6) is 0.507. The van der Waals surface area contributed by atoms with Crippen molar-refractivity contribution >= 4 is 0 Å². The molecule has 2 nitrogen and oxygen atoms in total. The van der Waals surface area contributed by atoms with Crippen molar-refractivity contribution in [1.29, 1.82) is 5.26 Å². The molecule has 1 unspecified atom stereocenters. The Labute approximate surface area is 110 Å². The van der Waals surface area contributed by atoms with E-state index in [1.165, 1.54) is 11.1 Å². The second-order valence-corrected chi connectivity index (χ2v) is 5.91. The minimum atomic E-state index is 0.140. The Morgan fingerprint density at radius 2 is 2.00 bits per heavy atom. The van der Waals surface area contributed by atoms with Crippen molar-refractivity contribution in [1.82, 2.24) is 4.90 Å². The van der Waals surface area contributed by atoms with E-state index in [0.29, 0.717) is 12.3 Å². The van der Waals surface area contributed by atoms with Crippen molar-refractivity contribution in [3.05, 3.63) is 35.4 Å². The normalized spacial score (nSPS) is 22.9. The number of nitriles is 1.